The Morgan fingerprint density at radius 2 is 1.85 bits per heavy atom. The zero-order valence-corrected chi connectivity index (χ0v) is 14.3. The summed E-state index contributed by atoms with van der Waals surface area (Å²) in [6.45, 7) is 1.89. The molecule has 0 saturated heterocycles. The lowest BCUT2D eigenvalue weighted by atomic mass is 10.1. The first kappa shape index (κ1) is 18.1. The van der Waals surface area contributed by atoms with Crippen molar-refractivity contribution in [2.75, 3.05) is 5.32 Å². The number of hydrogen-bond acceptors (Lipinski definition) is 2. The van der Waals surface area contributed by atoms with Gasteiger partial charge in [0.15, 0.2) is 5.76 Å². The maximum atomic E-state index is 13.0. The van der Waals surface area contributed by atoms with Gasteiger partial charge < -0.3 is 9.73 Å². The van der Waals surface area contributed by atoms with Crippen molar-refractivity contribution in [2.45, 2.75) is 13.1 Å². The van der Waals surface area contributed by atoms with Crippen LogP contribution in [-0.4, -0.2) is 5.91 Å². The van der Waals surface area contributed by atoms with Crippen molar-refractivity contribution < 1.29 is 22.4 Å². The van der Waals surface area contributed by atoms with Crippen LogP contribution in [0.25, 0.3) is 11.3 Å². The van der Waals surface area contributed by atoms with Crippen molar-refractivity contribution in [2.24, 2.45) is 0 Å². The van der Waals surface area contributed by atoms with Crippen LogP contribution < -0.4 is 5.32 Å². The standard InChI is InChI=1S/C19H13ClF3NO2/c1-11-3-2-4-13(9-11)24-18(25)17-8-7-16(26-17)12-5-6-15(20)14(10-12)19(21,22)23/h2-10H,1H3,(H,24,25). The van der Waals surface area contributed by atoms with E-state index in [1.165, 1.54) is 18.2 Å². The van der Waals surface area contributed by atoms with Crippen LogP contribution in [0.4, 0.5) is 18.9 Å². The molecule has 3 nitrogen and oxygen atoms in total. The average molecular weight is 380 g/mol. The summed E-state index contributed by atoms with van der Waals surface area (Å²) < 4.78 is 44.3. The predicted molar refractivity (Wildman–Crippen MR) is 93.3 cm³/mol. The molecule has 26 heavy (non-hydrogen) atoms. The third kappa shape index (κ3) is 3.91. The number of nitrogens with one attached hydrogen (secondary N) is 1. The van der Waals surface area contributed by atoms with Crippen molar-refractivity contribution in [3.05, 3.63) is 76.5 Å². The monoisotopic (exact) mass is 379 g/mol. The van der Waals surface area contributed by atoms with E-state index in [0.29, 0.717) is 5.69 Å². The Hall–Kier alpha value is -2.73. The smallest absolute Gasteiger partial charge is 0.417 e. The molecule has 7 heteroatoms. The number of aryl methyl sites for hydroxylation is 1. The second-order valence-electron chi connectivity index (χ2n) is 5.68. The molecular weight excluding hydrogens is 367 g/mol. The summed E-state index contributed by atoms with van der Waals surface area (Å²) in [4.78, 5) is 12.2. The summed E-state index contributed by atoms with van der Waals surface area (Å²) in [7, 11) is 0. The van der Waals surface area contributed by atoms with Crippen LogP contribution in [0.1, 0.15) is 21.7 Å². The van der Waals surface area contributed by atoms with E-state index in [2.05, 4.69) is 5.32 Å². The third-order valence-corrected chi connectivity index (χ3v) is 3.99. The highest BCUT2D eigenvalue weighted by atomic mass is 35.5. The SMILES string of the molecule is Cc1cccc(NC(=O)c2ccc(-c3ccc(Cl)c(C(F)(F)F)c3)o2)c1. The van der Waals surface area contributed by atoms with E-state index in [1.807, 2.05) is 13.0 Å². The van der Waals surface area contributed by atoms with E-state index in [1.54, 1.807) is 18.2 Å². The van der Waals surface area contributed by atoms with Gasteiger partial charge in [0, 0.05) is 11.3 Å². The quantitative estimate of drug-likeness (QED) is 0.590. The topological polar surface area (TPSA) is 42.2 Å². The van der Waals surface area contributed by atoms with E-state index in [9.17, 15) is 18.0 Å². The third-order valence-electron chi connectivity index (χ3n) is 3.66. The number of carbonyl (C=O) groups excluding carboxylic acids is 1. The largest absolute Gasteiger partial charge is 0.451 e. The Morgan fingerprint density at radius 1 is 1.08 bits per heavy atom. The highest BCUT2D eigenvalue weighted by molar-refractivity contribution is 6.31. The molecular formula is C19H13ClF3NO2. The molecule has 0 aliphatic rings. The molecule has 0 atom stereocenters. The first-order chi connectivity index (χ1) is 12.2. The van der Waals surface area contributed by atoms with E-state index >= 15 is 0 Å². The molecule has 134 valence electrons. The van der Waals surface area contributed by atoms with E-state index in [-0.39, 0.29) is 17.1 Å². The first-order valence-electron chi connectivity index (χ1n) is 7.59. The first-order valence-corrected chi connectivity index (χ1v) is 7.97. The lowest BCUT2D eigenvalue weighted by molar-refractivity contribution is -0.137. The van der Waals surface area contributed by atoms with Gasteiger partial charge in [0.25, 0.3) is 5.91 Å². The molecule has 3 aromatic rings. The van der Waals surface area contributed by atoms with E-state index in [0.717, 1.165) is 17.7 Å². The van der Waals surface area contributed by atoms with Crippen LogP contribution in [0, 0.1) is 6.92 Å². The van der Waals surface area contributed by atoms with Gasteiger partial charge in [0.05, 0.1) is 10.6 Å². The minimum atomic E-state index is -4.58. The van der Waals surface area contributed by atoms with Crippen LogP contribution in [0.15, 0.2) is 59.0 Å². The molecule has 3 rings (SSSR count). The normalized spacial score (nSPS) is 11.4. The number of hydrogen-bond donors (Lipinski definition) is 1. The second-order valence-corrected chi connectivity index (χ2v) is 6.09. The number of furan rings is 1. The van der Waals surface area contributed by atoms with Gasteiger partial charge in [-0.2, -0.15) is 13.2 Å². The van der Waals surface area contributed by atoms with Gasteiger partial charge in [-0.05, 0) is 55.0 Å². The molecule has 1 amide bonds. The highest BCUT2D eigenvalue weighted by Crippen LogP contribution is 2.37. The maximum absolute atomic E-state index is 13.0. The number of carbonyl (C=O) groups is 1. The second kappa shape index (κ2) is 6.88. The number of rotatable bonds is 3. The van der Waals surface area contributed by atoms with Crippen molar-refractivity contribution in [1.82, 2.24) is 0 Å². The van der Waals surface area contributed by atoms with Crippen molar-refractivity contribution >= 4 is 23.2 Å². The molecule has 0 aliphatic carbocycles. The zero-order chi connectivity index (χ0) is 18.9. The Balaban J connectivity index is 1.85. The summed E-state index contributed by atoms with van der Waals surface area (Å²) >= 11 is 5.61. The molecule has 0 bridgehead atoms. The number of halogens is 4. The summed E-state index contributed by atoms with van der Waals surface area (Å²) in [5.74, 6) is -0.363. The molecule has 0 fully saturated rings. The van der Waals surface area contributed by atoms with Crippen molar-refractivity contribution in [1.29, 1.82) is 0 Å². The highest BCUT2D eigenvalue weighted by Gasteiger charge is 2.33. The number of amides is 1. The number of alkyl halides is 3. The number of benzene rings is 2. The summed E-state index contributed by atoms with van der Waals surface area (Å²) in [6, 6.07) is 13.5. The lowest BCUT2D eigenvalue weighted by Gasteiger charge is -2.10. The van der Waals surface area contributed by atoms with Gasteiger partial charge >= 0.3 is 6.18 Å². The fourth-order valence-corrected chi connectivity index (χ4v) is 2.65. The Bertz CT molecular complexity index is 963. The number of anilines is 1. The molecule has 1 heterocycles. The van der Waals surface area contributed by atoms with Gasteiger partial charge in [-0.1, -0.05) is 23.7 Å². The Kier molecular flexibility index (Phi) is 4.78. The fourth-order valence-electron chi connectivity index (χ4n) is 2.43. The Morgan fingerprint density at radius 3 is 2.54 bits per heavy atom. The summed E-state index contributed by atoms with van der Waals surface area (Å²) in [6.07, 6.45) is -4.58. The molecule has 1 aromatic heterocycles. The molecule has 1 N–H and O–H groups in total. The van der Waals surface area contributed by atoms with Gasteiger partial charge in [0.1, 0.15) is 5.76 Å². The van der Waals surface area contributed by atoms with E-state index in [4.69, 9.17) is 16.0 Å². The minimum Gasteiger partial charge on any atom is -0.451 e. The van der Waals surface area contributed by atoms with Gasteiger partial charge in [-0.25, -0.2) is 0 Å². The van der Waals surface area contributed by atoms with Gasteiger partial charge in [0.2, 0.25) is 0 Å². The van der Waals surface area contributed by atoms with Crippen LogP contribution in [0.3, 0.4) is 0 Å². The minimum absolute atomic E-state index is 0.00925. The predicted octanol–water partition coefficient (Wildman–Crippen LogP) is 6.18. The van der Waals surface area contributed by atoms with Crippen LogP contribution >= 0.6 is 11.6 Å². The molecule has 0 radical (unpaired) electrons. The van der Waals surface area contributed by atoms with Gasteiger partial charge in [-0.3, -0.25) is 4.79 Å². The summed E-state index contributed by atoms with van der Waals surface area (Å²) in [5.41, 5.74) is 0.790. The maximum Gasteiger partial charge on any atom is 0.417 e. The molecule has 2 aromatic carbocycles. The molecule has 0 saturated carbocycles. The van der Waals surface area contributed by atoms with Crippen LogP contribution in [-0.2, 0) is 6.18 Å². The van der Waals surface area contributed by atoms with Crippen molar-refractivity contribution in [3.8, 4) is 11.3 Å². The van der Waals surface area contributed by atoms with Crippen LogP contribution in [0.2, 0.25) is 5.02 Å². The van der Waals surface area contributed by atoms with E-state index < -0.39 is 22.7 Å². The molecule has 0 aliphatic heterocycles. The van der Waals surface area contributed by atoms with Crippen LogP contribution in [0.5, 0.6) is 0 Å². The fraction of sp³-hybridized carbons (Fsp3) is 0.105. The molecule has 0 spiro atoms. The zero-order valence-electron chi connectivity index (χ0n) is 13.5. The average Bonchev–Trinajstić information content (AvgIpc) is 3.04. The lowest BCUT2D eigenvalue weighted by Crippen LogP contribution is -2.10. The molecule has 0 unspecified atom stereocenters. The van der Waals surface area contributed by atoms with Gasteiger partial charge in [-0.15, -0.1) is 0 Å². The Labute approximate surface area is 152 Å². The van der Waals surface area contributed by atoms with Crippen molar-refractivity contribution in [3.63, 3.8) is 0 Å². The summed E-state index contributed by atoms with van der Waals surface area (Å²) in [5, 5.41) is 2.28.